The first-order chi connectivity index (χ1) is 10.0. The maximum atomic E-state index is 12.3. The molecule has 0 fully saturated rings. The summed E-state index contributed by atoms with van der Waals surface area (Å²) in [7, 11) is 1.31. The van der Waals surface area contributed by atoms with Gasteiger partial charge >= 0.3 is 5.97 Å². The summed E-state index contributed by atoms with van der Waals surface area (Å²) in [6, 6.07) is 5.42. The second-order valence-electron chi connectivity index (χ2n) is 5.12. The van der Waals surface area contributed by atoms with E-state index in [2.05, 4.69) is 4.74 Å². The highest BCUT2D eigenvalue weighted by molar-refractivity contribution is 5.98. The lowest BCUT2D eigenvalue weighted by molar-refractivity contribution is -0.141. The van der Waals surface area contributed by atoms with E-state index in [4.69, 9.17) is 0 Å². The number of carbonyl (C=O) groups is 3. The smallest absolute Gasteiger partial charge is 0.306 e. The molecule has 0 saturated heterocycles. The van der Waals surface area contributed by atoms with Gasteiger partial charge in [0.15, 0.2) is 5.78 Å². The number of ether oxygens (including phenoxy) is 1. The zero-order valence-corrected chi connectivity index (χ0v) is 12.3. The fourth-order valence-electron chi connectivity index (χ4n) is 2.52. The van der Waals surface area contributed by atoms with Crippen molar-refractivity contribution in [2.75, 3.05) is 18.6 Å². The van der Waals surface area contributed by atoms with Gasteiger partial charge in [0.1, 0.15) is 0 Å². The van der Waals surface area contributed by atoms with E-state index in [1.54, 1.807) is 11.0 Å². The highest BCUT2D eigenvalue weighted by atomic mass is 16.5. The van der Waals surface area contributed by atoms with E-state index in [1.807, 2.05) is 12.1 Å². The number of fused-ring (bicyclic) bond motifs is 1. The molecule has 5 nitrogen and oxygen atoms in total. The third-order valence-electron chi connectivity index (χ3n) is 3.68. The molecule has 21 heavy (non-hydrogen) atoms. The number of amides is 1. The van der Waals surface area contributed by atoms with E-state index < -0.39 is 0 Å². The first-order valence-electron chi connectivity index (χ1n) is 7.04. The number of nitrogens with zero attached hydrogens (tertiary/aromatic N) is 1. The summed E-state index contributed by atoms with van der Waals surface area (Å²) in [6.07, 6.45) is 1.95. The minimum absolute atomic E-state index is 0.0203. The maximum absolute atomic E-state index is 12.3. The fourth-order valence-corrected chi connectivity index (χ4v) is 2.52. The van der Waals surface area contributed by atoms with Gasteiger partial charge in [-0.15, -0.1) is 0 Å². The quantitative estimate of drug-likeness (QED) is 0.629. The van der Waals surface area contributed by atoms with Gasteiger partial charge in [-0.2, -0.15) is 0 Å². The largest absolute Gasteiger partial charge is 0.469 e. The van der Waals surface area contributed by atoms with Gasteiger partial charge < -0.3 is 9.64 Å². The number of ketones is 1. The molecule has 5 heteroatoms. The second-order valence-corrected chi connectivity index (χ2v) is 5.12. The number of hydrogen-bond donors (Lipinski definition) is 0. The molecule has 2 rings (SSSR count). The minimum Gasteiger partial charge on any atom is -0.469 e. The zero-order chi connectivity index (χ0) is 15.4. The maximum Gasteiger partial charge on any atom is 0.306 e. The van der Waals surface area contributed by atoms with Gasteiger partial charge in [-0.3, -0.25) is 14.4 Å². The Balaban J connectivity index is 2.16. The van der Waals surface area contributed by atoms with Crippen LogP contribution in [0.2, 0.25) is 0 Å². The number of Topliss-reactive ketones (excluding diaryl/α,β-unsaturated/α-hetero) is 1. The molecule has 0 bridgehead atoms. The molecule has 0 atom stereocenters. The number of benzene rings is 1. The van der Waals surface area contributed by atoms with E-state index in [-0.39, 0.29) is 30.5 Å². The predicted molar refractivity (Wildman–Crippen MR) is 78.4 cm³/mol. The molecule has 1 aromatic carbocycles. The topological polar surface area (TPSA) is 63.7 Å². The molecule has 112 valence electrons. The van der Waals surface area contributed by atoms with Crippen LogP contribution < -0.4 is 4.90 Å². The van der Waals surface area contributed by atoms with Crippen LogP contribution in [0.4, 0.5) is 5.69 Å². The summed E-state index contributed by atoms with van der Waals surface area (Å²) in [6.45, 7) is 2.18. The Morgan fingerprint density at radius 2 is 2.00 bits per heavy atom. The molecule has 0 aliphatic carbocycles. The average molecular weight is 289 g/mol. The van der Waals surface area contributed by atoms with Crippen molar-refractivity contribution in [3.05, 3.63) is 29.3 Å². The van der Waals surface area contributed by atoms with Crippen molar-refractivity contribution < 1.29 is 19.1 Å². The van der Waals surface area contributed by atoms with Crippen LogP contribution in [0.3, 0.4) is 0 Å². The third-order valence-corrected chi connectivity index (χ3v) is 3.68. The standard InChI is InChI=1S/C16H19NO4/c1-11(18)12-5-6-14-13(10-12)4-3-9-17(14)15(19)7-8-16(20)21-2/h5-6,10H,3-4,7-9H2,1-2H3. The van der Waals surface area contributed by atoms with Crippen molar-refractivity contribution in [2.45, 2.75) is 32.6 Å². The van der Waals surface area contributed by atoms with Crippen molar-refractivity contribution in [3.63, 3.8) is 0 Å². The van der Waals surface area contributed by atoms with E-state index in [9.17, 15) is 14.4 Å². The predicted octanol–water partition coefficient (Wildman–Crippen LogP) is 2.12. The number of esters is 1. The van der Waals surface area contributed by atoms with Crippen LogP contribution >= 0.6 is 0 Å². The fraction of sp³-hybridized carbons (Fsp3) is 0.438. The summed E-state index contributed by atoms with van der Waals surface area (Å²) in [4.78, 5) is 36.5. The molecule has 0 radical (unpaired) electrons. The summed E-state index contributed by atoms with van der Waals surface area (Å²) in [5, 5.41) is 0. The number of anilines is 1. The van der Waals surface area contributed by atoms with Gasteiger partial charge in [0, 0.05) is 24.2 Å². The summed E-state index contributed by atoms with van der Waals surface area (Å²) in [5.41, 5.74) is 2.53. The Bertz CT molecular complexity index is 580. The molecule has 0 unspecified atom stereocenters. The highest BCUT2D eigenvalue weighted by Gasteiger charge is 2.23. The lowest BCUT2D eigenvalue weighted by atomic mass is 9.97. The number of hydrogen-bond acceptors (Lipinski definition) is 4. The average Bonchev–Trinajstić information content (AvgIpc) is 2.50. The first kappa shape index (κ1) is 15.2. The number of carbonyl (C=O) groups excluding carboxylic acids is 3. The van der Waals surface area contributed by atoms with Crippen molar-refractivity contribution in [1.82, 2.24) is 0 Å². The van der Waals surface area contributed by atoms with Crippen LogP contribution in [0.25, 0.3) is 0 Å². The van der Waals surface area contributed by atoms with Crippen molar-refractivity contribution in [2.24, 2.45) is 0 Å². The second kappa shape index (κ2) is 6.52. The molecule has 1 heterocycles. The molecular formula is C16H19NO4. The lowest BCUT2D eigenvalue weighted by Gasteiger charge is -2.29. The van der Waals surface area contributed by atoms with Crippen LogP contribution in [0.5, 0.6) is 0 Å². The van der Waals surface area contributed by atoms with Crippen LogP contribution in [0.15, 0.2) is 18.2 Å². The van der Waals surface area contributed by atoms with Gasteiger partial charge in [0.25, 0.3) is 0 Å². The van der Waals surface area contributed by atoms with Crippen LogP contribution in [0, 0.1) is 0 Å². The van der Waals surface area contributed by atoms with Crippen molar-refractivity contribution in [3.8, 4) is 0 Å². The molecule has 1 aliphatic rings. The van der Waals surface area contributed by atoms with E-state index in [1.165, 1.54) is 14.0 Å². The molecule has 1 aliphatic heterocycles. The molecule has 0 spiro atoms. The summed E-state index contributed by atoms with van der Waals surface area (Å²) in [5.74, 6) is -0.448. The van der Waals surface area contributed by atoms with Gasteiger partial charge in [0.05, 0.1) is 13.5 Å². The Morgan fingerprint density at radius 3 is 2.67 bits per heavy atom. The Hall–Kier alpha value is -2.17. The van der Waals surface area contributed by atoms with Crippen molar-refractivity contribution in [1.29, 1.82) is 0 Å². The Labute approximate surface area is 123 Å². The Morgan fingerprint density at radius 1 is 1.24 bits per heavy atom. The monoisotopic (exact) mass is 289 g/mol. The Kier molecular flexibility index (Phi) is 4.73. The highest BCUT2D eigenvalue weighted by Crippen LogP contribution is 2.29. The van der Waals surface area contributed by atoms with E-state index in [0.29, 0.717) is 12.1 Å². The lowest BCUT2D eigenvalue weighted by Crippen LogP contribution is -2.35. The molecule has 0 saturated carbocycles. The number of aryl methyl sites for hydroxylation is 1. The molecule has 0 aromatic heterocycles. The molecule has 0 N–H and O–H groups in total. The SMILES string of the molecule is COC(=O)CCC(=O)N1CCCc2cc(C(C)=O)ccc21. The van der Waals surface area contributed by atoms with Crippen molar-refractivity contribution >= 4 is 23.3 Å². The van der Waals surface area contributed by atoms with Gasteiger partial charge in [0.2, 0.25) is 5.91 Å². The van der Waals surface area contributed by atoms with Crippen LogP contribution in [-0.4, -0.2) is 31.3 Å². The van der Waals surface area contributed by atoms with E-state index in [0.717, 1.165) is 24.1 Å². The van der Waals surface area contributed by atoms with Gasteiger partial charge in [-0.1, -0.05) is 0 Å². The minimum atomic E-state index is -0.382. The van der Waals surface area contributed by atoms with E-state index >= 15 is 0 Å². The van der Waals surface area contributed by atoms with Crippen LogP contribution in [0.1, 0.15) is 42.1 Å². The summed E-state index contributed by atoms with van der Waals surface area (Å²) < 4.78 is 4.55. The first-order valence-corrected chi connectivity index (χ1v) is 7.04. The summed E-state index contributed by atoms with van der Waals surface area (Å²) >= 11 is 0. The molecule has 1 aromatic rings. The molecule has 1 amide bonds. The van der Waals surface area contributed by atoms with Crippen LogP contribution in [-0.2, 0) is 20.7 Å². The number of methoxy groups -OCH3 is 1. The third kappa shape index (κ3) is 3.48. The number of rotatable bonds is 4. The molecular weight excluding hydrogens is 270 g/mol. The zero-order valence-electron chi connectivity index (χ0n) is 12.3. The normalized spacial score (nSPS) is 13.5. The van der Waals surface area contributed by atoms with Gasteiger partial charge in [-0.05, 0) is 43.5 Å². The van der Waals surface area contributed by atoms with Gasteiger partial charge in [-0.25, -0.2) is 0 Å².